The van der Waals surface area contributed by atoms with E-state index in [-0.39, 0.29) is 36.3 Å². The summed E-state index contributed by atoms with van der Waals surface area (Å²) in [7, 11) is 0. The summed E-state index contributed by atoms with van der Waals surface area (Å²) in [5.74, 6) is 0.108. The van der Waals surface area contributed by atoms with Crippen molar-refractivity contribution in [3.8, 4) is 0 Å². The molecular formula is C23H31N3O4. The van der Waals surface area contributed by atoms with Gasteiger partial charge in [-0.05, 0) is 44.2 Å². The molecule has 0 radical (unpaired) electrons. The zero-order chi connectivity index (χ0) is 21.1. The second-order valence-electron chi connectivity index (χ2n) is 8.60. The average Bonchev–Trinajstić information content (AvgIpc) is 2.79. The van der Waals surface area contributed by atoms with Gasteiger partial charge in [0, 0.05) is 44.3 Å². The Morgan fingerprint density at radius 1 is 1.00 bits per heavy atom. The highest BCUT2D eigenvalue weighted by molar-refractivity contribution is 5.96. The van der Waals surface area contributed by atoms with E-state index in [1.165, 1.54) is 0 Å². The largest absolute Gasteiger partial charge is 0.370 e. The van der Waals surface area contributed by atoms with E-state index >= 15 is 0 Å². The number of likely N-dealkylation sites (tertiary alicyclic amines) is 2. The minimum atomic E-state index is -0.131. The molecule has 0 aromatic heterocycles. The maximum absolute atomic E-state index is 13.2. The number of aryl methyl sites for hydroxylation is 1. The first-order chi connectivity index (χ1) is 14.5. The fourth-order valence-corrected chi connectivity index (χ4v) is 4.92. The van der Waals surface area contributed by atoms with Crippen molar-refractivity contribution in [2.45, 2.75) is 38.6 Å². The van der Waals surface area contributed by atoms with E-state index in [2.05, 4.69) is 0 Å². The van der Waals surface area contributed by atoms with Gasteiger partial charge in [-0.2, -0.15) is 0 Å². The Hall–Kier alpha value is -2.41. The average molecular weight is 414 g/mol. The Balaban J connectivity index is 1.33. The summed E-state index contributed by atoms with van der Waals surface area (Å²) in [5.41, 5.74) is 1.69. The number of piperidine rings is 2. The lowest BCUT2D eigenvalue weighted by Gasteiger charge is -2.41. The number of carbonyl (C=O) groups is 3. The number of ether oxygens (including phenoxy) is 1. The third kappa shape index (κ3) is 4.36. The third-order valence-corrected chi connectivity index (χ3v) is 6.67. The molecule has 1 unspecified atom stereocenters. The quantitative estimate of drug-likeness (QED) is 0.756. The number of morpholine rings is 1. The van der Waals surface area contributed by atoms with E-state index < -0.39 is 0 Å². The molecule has 0 N–H and O–H groups in total. The van der Waals surface area contributed by atoms with Gasteiger partial charge in [0.2, 0.25) is 11.8 Å². The van der Waals surface area contributed by atoms with Gasteiger partial charge in [0.1, 0.15) is 6.61 Å². The topological polar surface area (TPSA) is 70.2 Å². The molecule has 3 fully saturated rings. The molecule has 0 bridgehead atoms. The lowest BCUT2D eigenvalue weighted by atomic mass is 9.93. The van der Waals surface area contributed by atoms with Crippen LogP contribution in [-0.2, 0) is 14.3 Å². The van der Waals surface area contributed by atoms with Crippen molar-refractivity contribution in [2.24, 2.45) is 5.92 Å². The Kier molecular flexibility index (Phi) is 6.37. The van der Waals surface area contributed by atoms with Crippen LogP contribution >= 0.6 is 0 Å². The smallest absolute Gasteiger partial charge is 0.254 e. The molecular weight excluding hydrogens is 382 g/mol. The summed E-state index contributed by atoms with van der Waals surface area (Å²) >= 11 is 0. The Labute approximate surface area is 177 Å². The van der Waals surface area contributed by atoms with Crippen LogP contribution in [-0.4, -0.2) is 84.4 Å². The van der Waals surface area contributed by atoms with Crippen LogP contribution in [0.25, 0.3) is 0 Å². The Morgan fingerprint density at radius 2 is 1.77 bits per heavy atom. The van der Waals surface area contributed by atoms with Crippen LogP contribution in [0.4, 0.5) is 0 Å². The van der Waals surface area contributed by atoms with Gasteiger partial charge in [-0.1, -0.05) is 18.2 Å². The van der Waals surface area contributed by atoms with Crippen molar-refractivity contribution in [1.82, 2.24) is 14.7 Å². The van der Waals surface area contributed by atoms with Crippen LogP contribution in [0.1, 0.15) is 41.6 Å². The number of benzene rings is 1. The van der Waals surface area contributed by atoms with E-state index in [4.69, 9.17) is 4.74 Å². The van der Waals surface area contributed by atoms with Crippen LogP contribution in [0, 0.1) is 12.8 Å². The molecule has 3 amide bonds. The van der Waals surface area contributed by atoms with Gasteiger partial charge in [-0.15, -0.1) is 0 Å². The van der Waals surface area contributed by atoms with Crippen molar-refractivity contribution in [3.05, 3.63) is 35.4 Å². The summed E-state index contributed by atoms with van der Waals surface area (Å²) in [5, 5.41) is 0. The molecule has 162 valence electrons. The van der Waals surface area contributed by atoms with Crippen LogP contribution in [0.5, 0.6) is 0 Å². The monoisotopic (exact) mass is 413 g/mol. The third-order valence-electron chi connectivity index (χ3n) is 6.67. The van der Waals surface area contributed by atoms with Gasteiger partial charge in [-0.25, -0.2) is 0 Å². The summed E-state index contributed by atoms with van der Waals surface area (Å²) in [6.07, 6.45) is 3.32. The molecule has 1 aromatic carbocycles. The van der Waals surface area contributed by atoms with E-state index in [1.54, 1.807) is 0 Å². The van der Waals surface area contributed by atoms with Crippen LogP contribution in [0.2, 0.25) is 0 Å². The summed E-state index contributed by atoms with van der Waals surface area (Å²) in [6, 6.07) is 7.83. The van der Waals surface area contributed by atoms with E-state index in [9.17, 15) is 14.4 Å². The molecule has 0 saturated carbocycles. The second kappa shape index (κ2) is 9.16. The van der Waals surface area contributed by atoms with Gasteiger partial charge in [-0.3, -0.25) is 14.4 Å². The molecule has 7 nitrogen and oxygen atoms in total. The molecule has 1 atom stereocenters. The molecule has 30 heavy (non-hydrogen) atoms. The van der Waals surface area contributed by atoms with E-state index in [0.717, 1.165) is 36.8 Å². The van der Waals surface area contributed by atoms with Crippen molar-refractivity contribution >= 4 is 17.7 Å². The number of rotatable bonds is 3. The summed E-state index contributed by atoms with van der Waals surface area (Å²) in [4.78, 5) is 43.9. The first kappa shape index (κ1) is 20.8. The van der Waals surface area contributed by atoms with Crippen LogP contribution in [0.15, 0.2) is 24.3 Å². The maximum Gasteiger partial charge on any atom is 0.254 e. The number of carbonyl (C=O) groups excluding carboxylic acids is 3. The number of hydrogen-bond acceptors (Lipinski definition) is 4. The van der Waals surface area contributed by atoms with Gasteiger partial charge >= 0.3 is 0 Å². The van der Waals surface area contributed by atoms with E-state index in [1.807, 2.05) is 45.9 Å². The lowest BCUT2D eigenvalue weighted by molar-refractivity contribution is -0.148. The standard InChI is InChI=1S/C23H31N3O4/c1-17-5-2-3-7-20(17)23(29)25-10-4-6-18(15-25)22(28)24-11-8-19(9-12-24)26-13-14-30-16-21(26)27/h2-3,5,7,18-19H,4,6,8-16H2,1H3. The van der Waals surface area contributed by atoms with Gasteiger partial charge in [0.25, 0.3) is 5.91 Å². The molecule has 0 spiro atoms. The SMILES string of the molecule is Cc1ccccc1C(=O)N1CCCC(C(=O)N2CCC(N3CCOCC3=O)CC2)C1. The minimum Gasteiger partial charge on any atom is -0.370 e. The molecule has 3 saturated heterocycles. The molecule has 3 aliphatic rings. The number of hydrogen-bond donors (Lipinski definition) is 0. The number of nitrogens with zero attached hydrogens (tertiary/aromatic N) is 3. The lowest BCUT2D eigenvalue weighted by Crippen LogP contribution is -2.54. The van der Waals surface area contributed by atoms with Crippen molar-refractivity contribution in [1.29, 1.82) is 0 Å². The summed E-state index contributed by atoms with van der Waals surface area (Å²) < 4.78 is 5.22. The first-order valence-corrected chi connectivity index (χ1v) is 11.1. The molecule has 3 heterocycles. The zero-order valence-corrected chi connectivity index (χ0v) is 17.7. The molecule has 3 aliphatic heterocycles. The normalized spacial score (nSPS) is 23.6. The maximum atomic E-state index is 13.2. The molecule has 0 aliphatic carbocycles. The van der Waals surface area contributed by atoms with Crippen molar-refractivity contribution < 1.29 is 19.1 Å². The first-order valence-electron chi connectivity index (χ1n) is 11.1. The van der Waals surface area contributed by atoms with Crippen LogP contribution in [0.3, 0.4) is 0 Å². The number of amides is 3. The van der Waals surface area contributed by atoms with Gasteiger partial charge in [0.15, 0.2) is 0 Å². The molecule has 7 heteroatoms. The highest BCUT2D eigenvalue weighted by Crippen LogP contribution is 2.25. The van der Waals surface area contributed by atoms with Crippen molar-refractivity contribution in [3.63, 3.8) is 0 Å². The molecule has 4 rings (SSSR count). The predicted octanol–water partition coefficient (Wildman–Crippen LogP) is 1.70. The second-order valence-corrected chi connectivity index (χ2v) is 8.60. The Bertz CT molecular complexity index is 803. The molecule has 1 aromatic rings. The minimum absolute atomic E-state index is 0.0233. The van der Waals surface area contributed by atoms with Crippen molar-refractivity contribution in [2.75, 3.05) is 45.9 Å². The fourth-order valence-electron chi connectivity index (χ4n) is 4.92. The van der Waals surface area contributed by atoms with Gasteiger partial charge < -0.3 is 19.4 Å². The van der Waals surface area contributed by atoms with Gasteiger partial charge in [0.05, 0.1) is 12.5 Å². The highest BCUT2D eigenvalue weighted by atomic mass is 16.5. The van der Waals surface area contributed by atoms with E-state index in [0.29, 0.717) is 39.3 Å². The summed E-state index contributed by atoms with van der Waals surface area (Å²) in [6.45, 7) is 5.92. The van der Waals surface area contributed by atoms with Crippen LogP contribution < -0.4 is 0 Å². The Morgan fingerprint density at radius 3 is 2.50 bits per heavy atom. The fraction of sp³-hybridized carbons (Fsp3) is 0.609. The zero-order valence-electron chi connectivity index (χ0n) is 17.7. The highest BCUT2D eigenvalue weighted by Gasteiger charge is 2.35. The predicted molar refractivity (Wildman–Crippen MR) is 112 cm³/mol.